The van der Waals surface area contributed by atoms with Gasteiger partial charge < -0.3 is 10.2 Å². The van der Waals surface area contributed by atoms with Gasteiger partial charge in [0, 0.05) is 24.3 Å². The summed E-state index contributed by atoms with van der Waals surface area (Å²) in [5.74, 6) is -0.503. The third-order valence-electron chi connectivity index (χ3n) is 5.55. The number of carbonyl (C=O) groups excluding carboxylic acids is 2. The van der Waals surface area contributed by atoms with Gasteiger partial charge in [-0.1, -0.05) is 66.7 Å². The maximum Gasteiger partial charge on any atom is 0.253 e. The van der Waals surface area contributed by atoms with Crippen molar-refractivity contribution in [3.8, 4) is 0 Å². The molecule has 0 aliphatic carbocycles. The molecule has 1 N–H and O–H groups in total. The van der Waals surface area contributed by atoms with E-state index in [1.807, 2.05) is 83.8 Å². The number of nitrogens with one attached hydrogen (secondary N) is 1. The minimum Gasteiger partial charge on any atom is -0.339 e. The zero-order chi connectivity index (χ0) is 20.8. The summed E-state index contributed by atoms with van der Waals surface area (Å²) in [7, 11) is 0. The van der Waals surface area contributed by atoms with Crippen molar-refractivity contribution in [1.82, 2.24) is 4.90 Å². The molecule has 0 unspecified atom stereocenters. The molecule has 3 aromatic carbocycles. The number of hydrogen-bond acceptors (Lipinski definition) is 2. The highest BCUT2D eigenvalue weighted by Gasteiger charge is 2.23. The predicted octanol–water partition coefficient (Wildman–Crippen LogP) is 5.08. The third kappa shape index (κ3) is 4.60. The van der Waals surface area contributed by atoms with Crippen LogP contribution in [0.2, 0.25) is 0 Å². The Labute approximate surface area is 177 Å². The zero-order valence-corrected chi connectivity index (χ0v) is 17.0. The fraction of sp³-hybridized carbons (Fsp3) is 0.231. The van der Waals surface area contributed by atoms with Crippen LogP contribution in [0.1, 0.15) is 46.7 Å². The van der Waals surface area contributed by atoms with Crippen molar-refractivity contribution in [3.05, 3.63) is 102 Å². The van der Waals surface area contributed by atoms with Crippen molar-refractivity contribution >= 4 is 17.5 Å². The highest BCUT2D eigenvalue weighted by molar-refractivity contribution is 6.00. The minimum absolute atomic E-state index is 0.0356. The number of carbonyl (C=O) groups is 2. The van der Waals surface area contributed by atoms with E-state index >= 15 is 0 Å². The van der Waals surface area contributed by atoms with Gasteiger partial charge in [0.25, 0.3) is 5.91 Å². The smallest absolute Gasteiger partial charge is 0.253 e. The van der Waals surface area contributed by atoms with Crippen LogP contribution in [0.15, 0.2) is 84.9 Å². The molecule has 4 nitrogen and oxygen atoms in total. The van der Waals surface area contributed by atoms with Crippen molar-refractivity contribution in [2.24, 2.45) is 0 Å². The molecule has 0 atom stereocenters. The summed E-state index contributed by atoms with van der Waals surface area (Å²) >= 11 is 0. The Hall–Kier alpha value is -3.40. The number of amides is 2. The molecule has 3 aromatic rings. The normalized spacial score (nSPS) is 13.8. The Morgan fingerprint density at radius 2 is 1.33 bits per heavy atom. The van der Waals surface area contributed by atoms with E-state index < -0.39 is 5.92 Å². The van der Waals surface area contributed by atoms with Crippen LogP contribution in [0.25, 0.3) is 0 Å². The summed E-state index contributed by atoms with van der Waals surface area (Å²) in [5.41, 5.74) is 3.12. The molecule has 4 heteroatoms. The maximum absolute atomic E-state index is 13.3. The highest BCUT2D eigenvalue weighted by atomic mass is 16.2. The summed E-state index contributed by atoms with van der Waals surface area (Å²) in [4.78, 5) is 28.0. The lowest BCUT2D eigenvalue weighted by Crippen LogP contribution is -2.35. The second-order valence-corrected chi connectivity index (χ2v) is 7.68. The molecule has 0 bridgehead atoms. The van der Waals surface area contributed by atoms with E-state index in [0.717, 1.165) is 37.1 Å². The molecule has 0 saturated carbocycles. The molecule has 4 rings (SSSR count). The van der Waals surface area contributed by atoms with Crippen molar-refractivity contribution in [1.29, 1.82) is 0 Å². The van der Waals surface area contributed by atoms with E-state index in [1.54, 1.807) is 6.07 Å². The lowest BCUT2D eigenvalue weighted by atomic mass is 9.90. The van der Waals surface area contributed by atoms with Gasteiger partial charge in [-0.2, -0.15) is 0 Å². The first kappa shape index (κ1) is 19.9. The first-order chi connectivity index (χ1) is 14.7. The number of anilines is 1. The van der Waals surface area contributed by atoms with Gasteiger partial charge in [-0.15, -0.1) is 0 Å². The van der Waals surface area contributed by atoms with Gasteiger partial charge in [0.15, 0.2) is 0 Å². The van der Waals surface area contributed by atoms with Crippen LogP contribution >= 0.6 is 0 Å². The molecule has 1 fully saturated rings. The summed E-state index contributed by atoms with van der Waals surface area (Å²) in [6.07, 6.45) is 3.29. The van der Waals surface area contributed by atoms with Gasteiger partial charge in [0.05, 0.1) is 5.92 Å². The van der Waals surface area contributed by atoms with Crippen molar-refractivity contribution in [3.63, 3.8) is 0 Å². The van der Waals surface area contributed by atoms with Crippen molar-refractivity contribution in [2.75, 3.05) is 18.4 Å². The van der Waals surface area contributed by atoms with Crippen LogP contribution in [-0.4, -0.2) is 29.8 Å². The molecule has 0 aromatic heterocycles. The number of piperidine rings is 1. The van der Waals surface area contributed by atoms with Crippen LogP contribution in [0.5, 0.6) is 0 Å². The van der Waals surface area contributed by atoms with Crippen LogP contribution in [0.3, 0.4) is 0 Å². The number of nitrogens with zero attached hydrogens (tertiary/aromatic N) is 1. The van der Waals surface area contributed by atoms with Gasteiger partial charge in [-0.3, -0.25) is 9.59 Å². The lowest BCUT2D eigenvalue weighted by Gasteiger charge is -2.27. The second-order valence-electron chi connectivity index (χ2n) is 7.68. The van der Waals surface area contributed by atoms with E-state index in [1.165, 1.54) is 6.42 Å². The molecule has 0 spiro atoms. The molecule has 152 valence electrons. The standard InChI is InChI=1S/C26H26N2O2/c29-25(24(20-11-4-1-5-12-20)21-13-6-2-7-14-21)27-23-16-10-15-22(19-23)26(30)28-17-8-3-9-18-28/h1-2,4-7,10-16,19,24H,3,8-9,17-18H2,(H,27,29). The number of rotatable bonds is 5. The topological polar surface area (TPSA) is 49.4 Å². The molecule has 1 aliphatic heterocycles. The quantitative estimate of drug-likeness (QED) is 0.651. The van der Waals surface area contributed by atoms with Gasteiger partial charge >= 0.3 is 0 Å². The Kier molecular flexibility index (Phi) is 6.23. The number of likely N-dealkylation sites (tertiary alicyclic amines) is 1. The molecule has 2 amide bonds. The molecule has 30 heavy (non-hydrogen) atoms. The largest absolute Gasteiger partial charge is 0.339 e. The maximum atomic E-state index is 13.3. The average molecular weight is 399 g/mol. The highest BCUT2D eigenvalue weighted by Crippen LogP contribution is 2.26. The molecule has 0 radical (unpaired) electrons. The Morgan fingerprint density at radius 3 is 1.93 bits per heavy atom. The van der Waals surface area contributed by atoms with E-state index in [0.29, 0.717) is 11.3 Å². The first-order valence-corrected chi connectivity index (χ1v) is 10.5. The fourth-order valence-corrected chi connectivity index (χ4v) is 4.01. The minimum atomic E-state index is -0.422. The lowest BCUT2D eigenvalue weighted by molar-refractivity contribution is -0.116. The summed E-state index contributed by atoms with van der Waals surface area (Å²) in [5, 5.41) is 3.03. The zero-order valence-electron chi connectivity index (χ0n) is 17.0. The average Bonchev–Trinajstić information content (AvgIpc) is 2.81. The summed E-state index contributed by atoms with van der Waals surface area (Å²) in [6.45, 7) is 1.61. The van der Waals surface area contributed by atoms with Crippen LogP contribution in [0, 0.1) is 0 Å². The van der Waals surface area contributed by atoms with Gasteiger partial charge in [-0.05, 0) is 48.6 Å². The number of benzene rings is 3. The number of hydrogen-bond donors (Lipinski definition) is 1. The van der Waals surface area contributed by atoms with E-state index in [9.17, 15) is 9.59 Å². The molecule has 1 aliphatic rings. The van der Waals surface area contributed by atoms with Crippen LogP contribution in [0.4, 0.5) is 5.69 Å². The third-order valence-corrected chi connectivity index (χ3v) is 5.55. The molecular formula is C26H26N2O2. The second kappa shape index (κ2) is 9.40. The molecule has 1 heterocycles. The van der Waals surface area contributed by atoms with E-state index in [4.69, 9.17) is 0 Å². The first-order valence-electron chi connectivity index (χ1n) is 10.5. The van der Waals surface area contributed by atoms with E-state index in [2.05, 4.69) is 5.32 Å². The summed E-state index contributed by atoms with van der Waals surface area (Å²) < 4.78 is 0. The molecule has 1 saturated heterocycles. The van der Waals surface area contributed by atoms with Gasteiger partial charge in [0.1, 0.15) is 0 Å². The van der Waals surface area contributed by atoms with Gasteiger partial charge in [-0.25, -0.2) is 0 Å². The van der Waals surface area contributed by atoms with E-state index in [-0.39, 0.29) is 11.8 Å². The van der Waals surface area contributed by atoms with Crippen LogP contribution < -0.4 is 5.32 Å². The Morgan fingerprint density at radius 1 is 0.733 bits per heavy atom. The van der Waals surface area contributed by atoms with Crippen molar-refractivity contribution < 1.29 is 9.59 Å². The predicted molar refractivity (Wildman–Crippen MR) is 120 cm³/mol. The monoisotopic (exact) mass is 398 g/mol. The van der Waals surface area contributed by atoms with Crippen LogP contribution in [-0.2, 0) is 4.79 Å². The fourth-order valence-electron chi connectivity index (χ4n) is 4.01. The Bertz CT molecular complexity index is 956. The molecular weight excluding hydrogens is 372 g/mol. The van der Waals surface area contributed by atoms with Crippen molar-refractivity contribution in [2.45, 2.75) is 25.2 Å². The summed E-state index contributed by atoms with van der Waals surface area (Å²) in [6, 6.07) is 26.8. The van der Waals surface area contributed by atoms with Gasteiger partial charge in [0.2, 0.25) is 5.91 Å². The Balaban J connectivity index is 1.56. The SMILES string of the molecule is O=C(Nc1cccc(C(=O)N2CCCCC2)c1)C(c1ccccc1)c1ccccc1.